The monoisotopic (exact) mass is 298 g/mol. The second-order valence-electron chi connectivity index (χ2n) is 4.84. The average Bonchev–Trinajstić information content (AvgIpc) is 2.37. The molecule has 0 saturated heterocycles. The predicted molar refractivity (Wildman–Crippen MR) is 78.9 cm³/mol. The Morgan fingerprint density at radius 2 is 2.05 bits per heavy atom. The molecule has 0 aliphatic heterocycles. The van der Waals surface area contributed by atoms with Crippen molar-refractivity contribution in [2.45, 2.75) is 25.6 Å². The van der Waals surface area contributed by atoms with Crippen molar-refractivity contribution in [1.82, 2.24) is 5.32 Å². The van der Waals surface area contributed by atoms with Gasteiger partial charge in [-0.25, -0.2) is 4.39 Å². The van der Waals surface area contributed by atoms with Gasteiger partial charge in [0.2, 0.25) is 5.91 Å². The molecule has 1 aromatic rings. The number of rotatable bonds is 6. The number of carbonyl (C=O) groups excluding carboxylic acids is 2. The second kappa shape index (κ2) is 7.28. The molecular formula is C14H19FN2O2S. The number of nitrogens with one attached hydrogen (secondary N) is 1. The van der Waals surface area contributed by atoms with Gasteiger partial charge in [0.1, 0.15) is 11.9 Å². The summed E-state index contributed by atoms with van der Waals surface area (Å²) in [6.45, 7) is 3.58. The van der Waals surface area contributed by atoms with Gasteiger partial charge in [0, 0.05) is 11.3 Å². The highest BCUT2D eigenvalue weighted by molar-refractivity contribution is 7.97. The molecule has 6 heteroatoms. The van der Waals surface area contributed by atoms with Crippen LogP contribution in [0.5, 0.6) is 0 Å². The van der Waals surface area contributed by atoms with Crippen LogP contribution in [0.1, 0.15) is 29.8 Å². The lowest BCUT2D eigenvalue weighted by Gasteiger charge is -2.19. The van der Waals surface area contributed by atoms with Gasteiger partial charge in [-0.3, -0.25) is 9.59 Å². The molecule has 0 bridgehead atoms. The minimum absolute atomic E-state index is 0.109. The smallest absolute Gasteiger partial charge is 0.251 e. The predicted octanol–water partition coefficient (Wildman–Crippen LogP) is 1.93. The molecule has 0 fully saturated rings. The number of hydrogen-bond donors (Lipinski definition) is 2. The fourth-order valence-corrected chi connectivity index (χ4v) is 2.31. The van der Waals surface area contributed by atoms with E-state index in [1.807, 2.05) is 6.26 Å². The van der Waals surface area contributed by atoms with Crippen LogP contribution < -0.4 is 11.1 Å². The number of thioether (sulfide) groups is 1. The fraction of sp³-hybridized carbons (Fsp3) is 0.429. The van der Waals surface area contributed by atoms with Crippen LogP contribution in [-0.2, 0) is 10.5 Å². The van der Waals surface area contributed by atoms with Crippen molar-refractivity contribution in [3.63, 3.8) is 0 Å². The number of primary amides is 1. The largest absolute Gasteiger partial charge is 0.368 e. The van der Waals surface area contributed by atoms with Crippen LogP contribution in [0.2, 0.25) is 0 Å². The third-order valence-electron chi connectivity index (χ3n) is 2.87. The van der Waals surface area contributed by atoms with Crippen molar-refractivity contribution in [3.05, 3.63) is 35.1 Å². The van der Waals surface area contributed by atoms with Crippen LogP contribution in [0, 0.1) is 11.7 Å². The molecule has 0 spiro atoms. The Labute approximate surface area is 122 Å². The average molecular weight is 298 g/mol. The summed E-state index contributed by atoms with van der Waals surface area (Å²) in [5.74, 6) is -0.977. The molecule has 1 aromatic carbocycles. The summed E-state index contributed by atoms with van der Waals surface area (Å²) in [4.78, 5) is 23.4. The third-order valence-corrected chi connectivity index (χ3v) is 3.47. The van der Waals surface area contributed by atoms with E-state index in [0.717, 1.165) is 0 Å². The molecular weight excluding hydrogens is 279 g/mol. The van der Waals surface area contributed by atoms with E-state index in [9.17, 15) is 14.0 Å². The summed E-state index contributed by atoms with van der Waals surface area (Å²) in [7, 11) is 0. The van der Waals surface area contributed by atoms with Crippen molar-refractivity contribution in [1.29, 1.82) is 0 Å². The van der Waals surface area contributed by atoms with E-state index in [4.69, 9.17) is 5.73 Å². The maximum atomic E-state index is 13.5. The quantitative estimate of drug-likeness (QED) is 0.843. The fourth-order valence-electron chi connectivity index (χ4n) is 1.77. The summed E-state index contributed by atoms with van der Waals surface area (Å²) in [5.41, 5.74) is 6.03. The number of carbonyl (C=O) groups is 2. The third kappa shape index (κ3) is 4.23. The minimum Gasteiger partial charge on any atom is -0.368 e. The van der Waals surface area contributed by atoms with E-state index in [1.165, 1.54) is 30.0 Å². The van der Waals surface area contributed by atoms with Crippen molar-refractivity contribution in [3.8, 4) is 0 Å². The number of halogens is 1. The van der Waals surface area contributed by atoms with E-state index in [-0.39, 0.29) is 11.7 Å². The Bertz CT molecular complexity index is 506. The topological polar surface area (TPSA) is 72.2 Å². The molecule has 110 valence electrons. The van der Waals surface area contributed by atoms with E-state index in [1.54, 1.807) is 13.8 Å². The van der Waals surface area contributed by atoms with E-state index < -0.39 is 17.9 Å². The van der Waals surface area contributed by atoms with Gasteiger partial charge in [-0.15, -0.1) is 0 Å². The molecule has 3 N–H and O–H groups in total. The van der Waals surface area contributed by atoms with Crippen LogP contribution in [0.3, 0.4) is 0 Å². The first-order chi connectivity index (χ1) is 9.36. The zero-order chi connectivity index (χ0) is 15.3. The van der Waals surface area contributed by atoms with Crippen molar-refractivity contribution < 1.29 is 14.0 Å². The normalized spacial score (nSPS) is 12.2. The summed E-state index contributed by atoms with van der Waals surface area (Å²) in [6, 6.07) is 3.41. The Balaban J connectivity index is 2.92. The van der Waals surface area contributed by atoms with Crippen LogP contribution in [0.15, 0.2) is 18.2 Å². The summed E-state index contributed by atoms with van der Waals surface area (Å²) < 4.78 is 13.5. The van der Waals surface area contributed by atoms with Crippen LogP contribution in [-0.4, -0.2) is 24.1 Å². The lowest BCUT2D eigenvalue weighted by atomic mass is 10.0. The molecule has 1 atom stereocenters. The Hall–Kier alpha value is -1.56. The van der Waals surface area contributed by atoms with Crippen LogP contribution in [0.4, 0.5) is 4.39 Å². The van der Waals surface area contributed by atoms with Crippen LogP contribution in [0.25, 0.3) is 0 Å². The SMILES string of the molecule is CSCc1cc(C(=O)NC(C(N)=O)C(C)C)ccc1F. The van der Waals surface area contributed by atoms with Crippen molar-refractivity contribution in [2.75, 3.05) is 6.26 Å². The van der Waals surface area contributed by atoms with E-state index >= 15 is 0 Å². The van der Waals surface area contributed by atoms with E-state index in [0.29, 0.717) is 16.9 Å². The number of benzene rings is 1. The maximum Gasteiger partial charge on any atom is 0.251 e. The minimum atomic E-state index is -0.739. The zero-order valence-corrected chi connectivity index (χ0v) is 12.6. The number of amides is 2. The summed E-state index contributed by atoms with van der Waals surface area (Å²) >= 11 is 1.47. The molecule has 1 unspecified atom stereocenters. The Morgan fingerprint density at radius 1 is 1.40 bits per heavy atom. The Morgan fingerprint density at radius 3 is 2.55 bits per heavy atom. The highest BCUT2D eigenvalue weighted by atomic mass is 32.2. The highest BCUT2D eigenvalue weighted by Gasteiger charge is 2.22. The highest BCUT2D eigenvalue weighted by Crippen LogP contribution is 2.16. The lowest BCUT2D eigenvalue weighted by molar-refractivity contribution is -0.120. The first-order valence-electron chi connectivity index (χ1n) is 6.24. The first kappa shape index (κ1) is 16.5. The molecule has 4 nitrogen and oxygen atoms in total. The van der Waals surface area contributed by atoms with Gasteiger partial charge in [-0.2, -0.15) is 11.8 Å². The van der Waals surface area contributed by atoms with Gasteiger partial charge >= 0.3 is 0 Å². The molecule has 20 heavy (non-hydrogen) atoms. The lowest BCUT2D eigenvalue weighted by Crippen LogP contribution is -2.47. The van der Waals surface area contributed by atoms with Gasteiger partial charge in [0.15, 0.2) is 0 Å². The molecule has 2 amide bonds. The van der Waals surface area contributed by atoms with Gasteiger partial charge in [-0.1, -0.05) is 13.8 Å². The molecule has 0 aliphatic rings. The second-order valence-corrected chi connectivity index (χ2v) is 5.70. The zero-order valence-electron chi connectivity index (χ0n) is 11.8. The van der Waals surface area contributed by atoms with Gasteiger partial charge < -0.3 is 11.1 Å². The van der Waals surface area contributed by atoms with Gasteiger partial charge in [0.25, 0.3) is 5.91 Å². The molecule has 1 rings (SSSR count). The maximum absolute atomic E-state index is 13.5. The standard InChI is InChI=1S/C14H19FN2O2S/c1-8(2)12(13(16)18)17-14(19)9-4-5-11(15)10(6-9)7-20-3/h4-6,8,12H,7H2,1-3H3,(H2,16,18)(H,17,19). The molecule has 0 saturated carbocycles. The van der Waals surface area contributed by atoms with Gasteiger partial charge in [0.05, 0.1) is 0 Å². The number of hydrogen-bond acceptors (Lipinski definition) is 3. The summed E-state index contributed by atoms with van der Waals surface area (Å²) in [5, 5.41) is 2.58. The van der Waals surface area contributed by atoms with Crippen LogP contribution >= 0.6 is 11.8 Å². The number of nitrogens with two attached hydrogens (primary N) is 1. The first-order valence-corrected chi connectivity index (χ1v) is 7.63. The molecule has 0 aliphatic carbocycles. The van der Waals surface area contributed by atoms with Crippen molar-refractivity contribution >= 4 is 23.6 Å². The Kier molecular flexibility index (Phi) is 6.01. The van der Waals surface area contributed by atoms with Crippen molar-refractivity contribution in [2.24, 2.45) is 11.7 Å². The molecule has 0 heterocycles. The van der Waals surface area contributed by atoms with E-state index in [2.05, 4.69) is 5.32 Å². The molecule has 0 radical (unpaired) electrons. The van der Waals surface area contributed by atoms with Gasteiger partial charge in [-0.05, 0) is 35.9 Å². The molecule has 0 aromatic heterocycles. The summed E-state index contributed by atoms with van der Waals surface area (Å²) in [6.07, 6.45) is 1.86.